The summed E-state index contributed by atoms with van der Waals surface area (Å²) < 4.78 is 42.4. The number of nitrogens with one attached hydrogen (secondary N) is 1. The normalized spacial score (nSPS) is 15.8. The van der Waals surface area contributed by atoms with Crippen LogP contribution in [0.15, 0.2) is 42.6 Å². The molecule has 7 nitrogen and oxygen atoms in total. The molecule has 1 aliphatic rings. The maximum atomic E-state index is 12.3. The van der Waals surface area contributed by atoms with Crippen LogP contribution < -0.4 is 15.0 Å². The molecular weight excluding hydrogens is 373 g/mol. The number of likely N-dealkylation sites (N-methyl/N-ethyl adjacent to an activating group) is 1. The van der Waals surface area contributed by atoms with Gasteiger partial charge in [0.25, 0.3) is 0 Å². The lowest BCUT2D eigenvalue weighted by Gasteiger charge is -2.33. The summed E-state index contributed by atoms with van der Waals surface area (Å²) in [5.41, 5.74) is 1.28. The molecule has 0 atom stereocenters. The summed E-state index contributed by atoms with van der Waals surface area (Å²) in [4.78, 5) is 8.80. The number of alkyl halides is 3. The van der Waals surface area contributed by atoms with Crippen LogP contribution in [-0.4, -0.2) is 59.1 Å². The van der Waals surface area contributed by atoms with Crippen molar-refractivity contribution in [3.63, 3.8) is 0 Å². The second-order valence-electron chi connectivity index (χ2n) is 6.59. The van der Waals surface area contributed by atoms with Crippen LogP contribution in [0.5, 0.6) is 5.75 Å². The number of anilines is 3. The minimum Gasteiger partial charge on any atom is -0.406 e. The number of piperazine rings is 1. The Hall–Kier alpha value is -3.01. The van der Waals surface area contributed by atoms with E-state index in [1.54, 1.807) is 10.7 Å². The van der Waals surface area contributed by atoms with Gasteiger partial charge in [0.15, 0.2) is 11.5 Å². The van der Waals surface area contributed by atoms with Crippen molar-refractivity contribution in [2.75, 3.05) is 43.4 Å². The topological polar surface area (TPSA) is 57.9 Å². The number of halogens is 3. The van der Waals surface area contributed by atoms with Crippen molar-refractivity contribution >= 4 is 23.0 Å². The van der Waals surface area contributed by atoms with E-state index in [4.69, 9.17) is 0 Å². The highest BCUT2D eigenvalue weighted by atomic mass is 19.4. The molecule has 1 aliphatic heterocycles. The number of rotatable bonds is 4. The van der Waals surface area contributed by atoms with Crippen LogP contribution in [0.1, 0.15) is 0 Å². The second kappa shape index (κ2) is 7.19. The fourth-order valence-corrected chi connectivity index (χ4v) is 3.04. The minimum absolute atomic E-state index is 0.272. The largest absolute Gasteiger partial charge is 0.573 e. The van der Waals surface area contributed by atoms with Gasteiger partial charge >= 0.3 is 6.36 Å². The van der Waals surface area contributed by atoms with Gasteiger partial charge < -0.3 is 19.9 Å². The summed E-state index contributed by atoms with van der Waals surface area (Å²) in [6.07, 6.45) is -3.07. The molecule has 4 rings (SSSR count). The van der Waals surface area contributed by atoms with E-state index in [2.05, 4.69) is 37.0 Å². The number of hydrogen-bond donors (Lipinski definition) is 1. The van der Waals surface area contributed by atoms with Crippen LogP contribution in [0.3, 0.4) is 0 Å². The summed E-state index contributed by atoms with van der Waals surface area (Å²) >= 11 is 0. The van der Waals surface area contributed by atoms with Crippen LogP contribution >= 0.6 is 0 Å². The van der Waals surface area contributed by atoms with Gasteiger partial charge in [0.05, 0.1) is 6.20 Å². The predicted molar refractivity (Wildman–Crippen MR) is 99.1 cm³/mol. The molecule has 10 heteroatoms. The van der Waals surface area contributed by atoms with E-state index in [0.29, 0.717) is 17.2 Å². The van der Waals surface area contributed by atoms with Crippen LogP contribution in [0.4, 0.5) is 30.5 Å². The molecule has 1 fully saturated rings. The average Bonchev–Trinajstić information content (AvgIpc) is 3.05. The first-order chi connectivity index (χ1) is 13.4. The SMILES string of the molecule is CN1CCN(c2ccc3ncc(Nc4ccc(OC(F)(F)F)cc4)n3n2)CC1. The molecule has 0 amide bonds. The molecule has 148 valence electrons. The summed E-state index contributed by atoms with van der Waals surface area (Å²) in [7, 11) is 2.09. The number of ether oxygens (including phenoxy) is 1. The standard InChI is InChI=1S/C18H19F3N6O/c1-25-8-10-26(11-9-25)16-7-6-15-22-12-17(27(15)24-16)23-13-2-4-14(5-3-13)28-18(19,20)21/h2-7,12,23H,8-11H2,1H3. The van der Waals surface area contributed by atoms with Crippen molar-refractivity contribution < 1.29 is 17.9 Å². The zero-order valence-corrected chi connectivity index (χ0v) is 15.1. The van der Waals surface area contributed by atoms with E-state index < -0.39 is 6.36 Å². The molecule has 0 radical (unpaired) electrons. The quantitative estimate of drug-likeness (QED) is 0.736. The molecule has 1 N–H and O–H groups in total. The van der Waals surface area contributed by atoms with Crippen molar-refractivity contribution in [1.29, 1.82) is 0 Å². The van der Waals surface area contributed by atoms with E-state index >= 15 is 0 Å². The van der Waals surface area contributed by atoms with Crippen molar-refractivity contribution in [3.05, 3.63) is 42.6 Å². The van der Waals surface area contributed by atoms with Gasteiger partial charge in [-0.2, -0.15) is 4.52 Å². The van der Waals surface area contributed by atoms with Gasteiger partial charge in [0.2, 0.25) is 0 Å². The third-order valence-electron chi connectivity index (χ3n) is 4.54. The molecule has 0 saturated carbocycles. The van der Waals surface area contributed by atoms with Crippen molar-refractivity contribution in [1.82, 2.24) is 19.5 Å². The number of imidazole rings is 1. The molecule has 0 aliphatic carbocycles. The van der Waals surface area contributed by atoms with Gasteiger partial charge in [-0.1, -0.05) is 0 Å². The Kier molecular flexibility index (Phi) is 4.71. The Morgan fingerprint density at radius 3 is 2.39 bits per heavy atom. The third kappa shape index (κ3) is 4.11. The van der Waals surface area contributed by atoms with Crippen LogP contribution in [0, 0.1) is 0 Å². The first-order valence-electron chi connectivity index (χ1n) is 8.78. The number of nitrogens with zero attached hydrogens (tertiary/aromatic N) is 5. The number of hydrogen-bond acceptors (Lipinski definition) is 6. The van der Waals surface area contributed by atoms with E-state index in [-0.39, 0.29) is 5.75 Å². The highest BCUT2D eigenvalue weighted by Crippen LogP contribution is 2.26. The predicted octanol–water partition coefficient (Wildman–Crippen LogP) is 3.12. The summed E-state index contributed by atoms with van der Waals surface area (Å²) in [5, 5.41) is 7.80. The smallest absolute Gasteiger partial charge is 0.406 e. The van der Waals surface area contributed by atoms with Gasteiger partial charge in [0, 0.05) is 31.9 Å². The number of fused-ring (bicyclic) bond motifs is 1. The van der Waals surface area contributed by atoms with E-state index in [1.165, 1.54) is 24.3 Å². The first kappa shape index (κ1) is 18.4. The first-order valence-corrected chi connectivity index (χ1v) is 8.78. The van der Waals surface area contributed by atoms with E-state index in [9.17, 15) is 13.2 Å². The molecule has 3 heterocycles. The zero-order valence-electron chi connectivity index (χ0n) is 15.1. The maximum absolute atomic E-state index is 12.3. The Morgan fingerprint density at radius 2 is 1.71 bits per heavy atom. The second-order valence-corrected chi connectivity index (χ2v) is 6.59. The fourth-order valence-electron chi connectivity index (χ4n) is 3.04. The maximum Gasteiger partial charge on any atom is 0.573 e. The molecule has 1 aromatic carbocycles. The Balaban J connectivity index is 1.53. The lowest BCUT2D eigenvalue weighted by Crippen LogP contribution is -2.44. The molecule has 0 unspecified atom stereocenters. The van der Waals surface area contributed by atoms with E-state index in [1.807, 2.05) is 12.1 Å². The number of aromatic nitrogens is 3. The van der Waals surface area contributed by atoms with Gasteiger partial charge in [-0.15, -0.1) is 18.3 Å². The van der Waals surface area contributed by atoms with Crippen molar-refractivity contribution in [2.24, 2.45) is 0 Å². The molecule has 28 heavy (non-hydrogen) atoms. The molecular formula is C18H19F3N6O. The Bertz CT molecular complexity index is 948. The third-order valence-corrected chi connectivity index (χ3v) is 4.54. The van der Waals surface area contributed by atoms with Crippen LogP contribution in [0.2, 0.25) is 0 Å². The van der Waals surface area contributed by atoms with Gasteiger partial charge in [0.1, 0.15) is 11.6 Å². The van der Waals surface area contributed by atoms with Crippen LogP contribution in [0.25, 0.3) is 5.65 Å². The zero-order chi connectivity index (χ0) is 19.7. The summed E-state index contributed by atoms with van der Waals surface area (Å²) in [6.45, 7) is 3.74. The monoisotopic (exact) mass is 392 g/mol. The van der Waals surface area contributed by atoms with E-state index in [0.717, 1.165) is 32.0 Å². The minimum atomic E-state index is -4.71. The molecule has 0 spiro atoms. The fraction of sp³-hybridized carbons (Fsp3) is 0.333. The Labute approximate surface area is 159 Å². The molecule has 2 aromatic heterocycles. The van der Waals surface area contributed by atoms with Gasteiger partial charge in [-0.3, -0.25) is 0 Å². The van der Waals surface area contributed by atoms with Crippen LogP contribution in [-0.2, 0) is 0 Å². The van der Waals surface area contributed by atoms with Crippen molar-refractivity contribution in [2.45, 2.75) is 6.36 Å². The lowest BCUT2D eigenvalue weighted by molar-refractivity contribution is -0.274. The average molecular weight is 392 g/mol. The Morgan fingerprint density at radius 1 is 1.00 bits per heavy atom. The van der Waals surface area contributed by atoms with Gasteiger partial charge in [-0.05, 0) is 43.4 Å². The highest BCUT2D eigenvalue weighted by Gasteiger charge is 2.31. The number of benzene rings is 1. The summed E-state index contributed by atoms with van der Waals surface area (Å²) in [6, 6.07) is 9.35. The molecule has 3 aromatic rings. The molecule has 1 saturated heterocycles. The summed E-state index contributed by atoms with van der Waals surface area (Å²) in [5.74, 6) is 1.21. The van der Waals surface area contributed by atoms with Gasteiger partial charge in [-0.25, -0.2) is 4.98 Å². The highest BCUT2D eigenvalue weighted by molar-refractivity contribution is 5.61. The van der Waals surface area contributed by atoms with Crippen molar-refractivity contribution in [3.8, 4) is 5.75 Å². The lowest BCUT2D eigenvalue weighted by atomic mass is 10.3. The molecule has 0 bridgehead atoms.